The van der Waals surface area contributed by atoms with E-state index in [1.807, 2.05) is 18.7 Å². The molecule has 1 aliphatic heterocycles. The van der Waals surface area contributed by atoms with E-state index >= 15 is 0 Å². The van der Waals surface area contributed by atoms with Gasteiger partial charge in [0.2, 0.25) is 5.91 Å². The van der Waals surface area contributed by atoms with Gasteiger partial charge in [-0.3, -0.25) is 4.79 Å². The lowest BCUT2D eigenvalue weighted by molar-refractivity contribution is -0.129. The molecule has 1 heterocycles. The molecule has 0 unspecified atom stereocenters. The fraction of sp³-hybridized carbons (Fsp3) is 0.579. The van der Waals surface area contributed by atoms with Gasteiger partial charge in [-0.05, 0) is 32.8 Å². The maximum atomic E-state index is 12.6. The number of aryl methyl sites for hydroxylation is 1. The summed E-state index contributed by atoms with van der Waals surface area (Å²) in [5.74, 6) is 0.804. The van der Waals surface area contributed by atoms with Crippen LogP contribution in [0.2, 0.25) is 0 Å². The van der Waals surface area contributed by atoms with E-state index in [0.717, 1.165) is 31.5 Å². The summed E-state index contributed by atoms with van der Waals surface area (Å²) in [5.41, 5.74) is 1.52. The Balaban J connectivity index is 1.94. The van der Waals surface area contributed by atoms with Crippen LogP contribution in [0.25, 0.3) is 0 Å². The molecule has 0 radical (unpaired) electrons. The highest BCUT2D eigenvalue weighted by molar-refractivity contribution is 5.81. The average Bonchev–Trinajstić information content (AvgIpc) is 3.16. The predicted octanol–water partition coefficient (Wildman–Crippen LogP) is 2.66. The lowest BCUT2D eigenvalue weighted by Crippen LogP contribution is -2.39. The molecule has 2 N–H and O–H groups in total. The van der Waals surface area contributed by atoms with Gasteiger partial charge in [0.25, 0.3) is 0 Å². The van der Waals surface area contributed by atoms with Crippen LogP contribution >= 0.6 is 0 Å². The molecule has 0 spiro atoms. The number of nitrogens with one attached hydrogen (secondary N) is 2. The minimum atomic E-state index is -2.88. The first-order valence-electron chi connectivity index (χ1n) is 9.34. The molecule has 0 aliphatic carbocycles. The third-order valence-corrected chi connectivity index (χ3v) is 4.27. The van der Waals surface area contributed by atoms with Crippen LogP contribution in [-0.2, 0) is 11.3 Å². The van der Waals surface area contributed by atoms with Crippen molar-refractivity contribution in [3.8, 4) is 5.75 Å². The van der Waals surface area contributed by atoms with Crippen LogP contribution in [0.5, 0.6) is 5.75 Å². The van der Waals surface area contributed by atoms with E-state index < -0.39 is 6.61 Å². The lowest BCUT2D eigenvalue weighted by atomic mass is 10.1. The second-order valence-corrected chi connectivity index (χ2v) is 6.45. The molecule has 1 aromatic carbocycles. The molecule has 0 saturated carbocycles. The number of halogens is 2. The predicted molar refractivity (Wildman–Crippen MR) is 101 cm³/mol. The van der Waals surface area contributed by atoms with E-state index in [4.69, 9.17) is 0 Å². The lowest BCUT2D eigenvalue weighted by Gasteiger charge is -2.16. The van der Waals surface area contributed by atoms with Crippen molar-refractivity contribution in [2.45, 2.75) is 46.3 Å². The van der Waals surface area contributed by atoms with Gasteiger partial charge in [-0.25, -0.2) is 4.99 Å². The fourth-order valence-corrected chi connectivity index (χ4v) is 2.96. The number of alkyl halides is 2. The molecule has 1 aromatic rings. The maximum absolute atomic E-state index is 12.6. The highest BCUT2D eigenvalue weighted by Crippen LogP contribution is 2.22. The molecule has 8 heteroatoms. The van der Waals surface area contributed by atoms with E-state index in [2.05, 4.69) is 20.4 Å². The molecule has 1 aliphatic rings. The second-order valence-electron chi connectivity index (χ2n) is 6.45. The van der Waals surface area contributed by atoms with Gasteiger partial charge in [-0.2, -0.15) is 8.78 Å². The molecular weight excluding hydrogens is 354 g/mol. The Morgan fingerprint density at radius 2 is 2.04 bits per heavy atom. The molecule has 0 atom stereocenters. The molecule has 6 nitrogen and oxygen atoms in total. The number of carbonyl (C=O) groups is 1. The highest BCUT2D eigenvalue weighted by Gasteiger charge is 2.17. The smallest absolute Gasteiger partial charge is 0.387 e. The molecule has 27 heavy (non-hydrogen) atoms. The standard InChI is InChI=1S/C19H28F2N4O2/c1-3-22-19(23-9-8-17(26)25-10-4-5-11-25)24-13-15-12-14(2)6-7-16(15)27-18(20)21/h6-7,12,18H,3-5,8-11,13H2,1-2H3,(H2,22,23,24). The number of hydrogen-bond donors (Lipinski definition) is 2. The van der Waals surface area contributed by atoms with Gasteiger partial charge in [0.15, 0.2) is 5.96 Å². The number of likely N-dealkylation sites (tertiary alicyclic amines) is 1. The van der Waals surface area contributed by atoms with Crippen molar-refractivity contribution < 1.29 is 18.3 Å². The largest absolute Gasteiger partial charge is 0.434 e. The van der Waals surface area contributed by atoms with Gasteiger partial charge in [-0.1, -0.05) is 17.7 Å². The number of amides is 1. The van der Waals surface area contributed by atoms with E-state index in [0.29, 0.717) is 31.0 Å². The van der Waals surface area contributed by atoms with Crippen LogP contribution in [0.15, 0.2) is 23.2 Å². The van der Waals surface area contributed by atoms with Gasteiger partial charge < -0.3 is 20.3 Å². The average molecular weight is 382 g/mol. The summed E-state index contributed by atoms with van der Waals surface area (Å²) >= 11 is 0. The van der Waals surface area contributed by atoms with Crippen molar-refractivity contribution in [3.63, 3.8) is 0 Å². The molecule has 1 amide bonds. The normalized spacial score (nSPS) is 14.6. The Labute approximate surface area is 159 Å². The summed E-state index contributed by atoms with van der Waals surface area (Å²) in [6.07, 6.45) is 2.54. The summed E-state index contributed by atoms with van der Waals surface area (Å²) in [6, 6.07) is 5.03. The zero-order valence-corrected chi connectivity index (χ0v) is 15.9. The summed E-state index contributed by atoms with van der Waals surface area (Å²) in [4.78, 5) is 18.4. The Bertz CT molecular complexity index is 647. The zero-order chi connectivity index (χ0) is 19.6. The van der Waals surface area contributed by atoms with E-state index in [1.54, 1.807) is 12.1 Å². The molecule has 150 valence electrons. The number of aliphatic imine (C=N–C) groups is 1. The maximum Gasteiger partial charge on any atom is 0.387 e. The molecule has 1 saturated heterocycles. The minimum absolute atomic E-state index is 0.124. The van der Waals surface area contributed by atoms with Crippen LogP contribution in [-0.4, -0.2) is 49.6 Å². The topological polar surface area (TPSA) is 66.0 Å². The first-order chi connectivity index (χ1) is 13.0. The van der Waals surface area contributed by atoms with Crippen molar-refractivity contribution >= 4 is 11.9 Å². The zero-order valence-electron chi connectivity index (χ0n) is 15.9. The van der Waals surface area contributed by atoms with Crippen LogP contribution in [0, 0.1) is 6.92 Å². The highest BCUT2D eigenvalue weighted by atomic mass is 19.3. The third kappa shape index (κ3) is 7.03. The Hall–Kier alpha value is -2.38. The minimum Gasteiger partial charge on any atom is -0.434 e. The summed E-state index contributed by atoms with van der Waals surface area (Å²) < 4.78 is 29.7. The quantitative estimate of drug-likeness (QED) is 0.536. The summed E-state index contributed by atoms with van der Waals surface area (Å²) in [7, 11) is 0. The van der Waals surface area contributed by atoms with Crippen LogP contribution in [0.3, 0.4) is 0 Å². The van der Waals surface area contributed by atoms with Crippen LogP contribution in [0.4, 0.5) is 8.78 Å². The summed E-state index contributed by atoms with van der Waals surface area (Å²) in [6.45, 7) is 3.94. The molecule has 0 aromatic heterocycles. The van der Waals surface area contributed by atoms with Gasteiger partial charge in [0.1, 0.15) is 5.75 Å². The monoisotopic (exact) mass is 382 g/mol. The number of ether oxygens (including phenoxy) is 1. The summed E-state index contributed by atoms with van der Waals surface area (Å²) in [5, 5.41) is 6.22. The Morgan fingerprint density at radius 1 is 1.30 bits per heavy atom. The number of rotatable bonds is 8. The third-order valence-electron chi connectivity index (χ3n) is 4.27. The van der Waals surface area contributed by atoms with E-state index in [9.17, 15) is 13.6 Å². The van der Waals surface area contributed by atoms with Crippen LogP contribution in [0.1, 0.15) is 37.3 Å². The first kappa shape index (κ1) is 20.9. The number of hydrogen-bond acceptors (Lipinski definition) is 3. The van der Waals surface area contributed by atoms with Gasteiger partial charge in [0.05, 0.1) is 6.54 Å². The number of nitrogens with zero attached hydrogens (tertiary/aromatic N) is 2. The number of carbonyl (C=O) groups excluding carboxylic acids is 1. The fourth-order valence-electron chi connectivity index (χ4n) is 2.96. The van der Waals surface area contributed by atoms with Crippen LogP contribution < -0.4 is 15.4 Å². The first-order valence-corrected chi connectivity index (χ1v) is 9.34. The molecular formula is C19H28F2N4O2. The van der Waals surface area contributed by atoms with Crippen molar-refractivity contribution in [3.05, 3.63) is 29.3 Å². The molecule has 2 rings (SSSR count). The molecule has 0 bridgehead atoms. The van der Waals surface area contributed by atoms with Gasteiger partial charge in [-0.15, -0.1) is 0 Å². The van der Waals surface area contributed by atoms with Crippen molar-refractivity contribution in [2.75, 3.05) is 26.2 Å². The van der Waals surface area contributed by atoms with E-state index in [-0.39, 0.29) is 18.2 Å². The van der Waals surface area contributed by atoms with Gasteiger partial charge >= 0.3 is 6.61 Å². The van der Waals surface area contributed by atoms with Gasteiger partial charge in [0, 0.05) is 38.2 Å². The SMILES string of the molecule is CCNC(=NCc1cc(C)ccc1OC(F)F)NCCC(=O)N1CCCC1. The van der Waals surface area contributed by atoms with Crippen molar-refractivity contribution in [1.29, 1.82) is 0 Å². The number of benzene rings is 1. The van der Waals surface area contributed by atoms with Crippen molar-refractivity contribution in [1.82, 2.24) is 15.5 Å². The van der Waals surface area contributed by atoms with Crippen molar-refractivity contribution in [2.24, 2.45) is 4.99 Å². The van der Waals surface area contributed by atoms with E-state index in [1.165, 1.54) is 6.07 Å². The Kier molecular flexibility index (Phi) is 8.29. The molecule has 1 fully saturated rings. The Morgan fingerprint density at radius 3 is 2.70 bits per heavy atom. The number of guanidine groups is 1. The second kappa shape index (κ2) is 10.7.